The number of Topliss-reactive ketones (excluding diaryl/α,β-unsaturated/α-hetero) is 4. The summed E-state index contributed by atoms with van der Waals surface area (Å²) in [7, 11) is 0. The van der Waals surface area contributed by atoms with Crippen LogP contribution in [0.3, 0.4) is 0 Å². The van der Waals surface area contributed by atoms with E-state index < -0.39 is 82.2 Å². The normalized spacial score (nSPS) is 26.2. The predicted octanol–water partition coefficient (Wildman–Crippen LogP) is 5.92. The van der Waals surface area contributed by atoms with E-state index in [9.17, 15) is 43.8 Å². The largest absolute Gasteiger partial charge is 0.391 e. The summed E-state index contributed by atoms with van der Waals surface area (Å²) in [5, 5.41) is 25.8. The quantitative estimate of drug-likeness (QED) is 0.0892. The van der Waals surface area contributed by atoms with Gasteiger partial charge in [0.05, 0.1) is 17.9 Å². The molecule has 2 aliphatic rings. The molecule has 1 heterocycles. The van der Waals surface area contributed by atoms with E-state index in [1.165, 1.54) is 31.7 Å². The van der Waals surface area contributed by atoms with E-state index in [4.69, 9.17) is 0 Å². The van der Waals surface area contributed by atoms with Gasteiger partial charge in [0.1, 0.15) is 17.1 Å². The monoisotopic (exact) mass is 773 g/mol. The zero-order chi connectivity index (χ0) is 42.3. The number of β-amino-alcohol motifs (C(OH)–C–C–N with tert-alkyl or cyclic N) is 1. The highest BCUT2D eigenvalue weighted by Crippen LogP contribution is 2.40. The molecule has 0 saturated carbocycles. The van der Waals surface area contributed by atoms with E-state index in [0.29, 0.717) is 18.8 Å². The molecule has 11 nitrogen and oxygen atoms in total. The van der Waals surface area contributed by atoms with Gasteiger partial charge in [0, 0.05) is 49.0 Å². The van der Waals surface area contributed by atoms with Crippen molar-refractivity contribution in [1.29, 1.82) is 0 Å². The standard InChI is InChI=1S/C44H72N2O9/c1-14-15-16-26(6)20-28(8)38(50)31(11)34(19-24(2)3)41(53)45-44(55,29(9)21-30(10)47)39(51)32(12)36(25(4)5)42(54)46-23-33(48)22-43(46,13)40(52)37-27(7)17-18-35(37)49/h17-18,24-29,31-34,36-37,48,55H,14-16,19-23H2,1-13H3,(H,45,53)/t26-,27+,28-,29?,31+,32+,33+,34-,36-,37?,43+,44?/m1/s1. The number of hydrogen-bond donors (Lipinski definition) is 3. The molecular formula is C44H72N2O9. The summed E-state index contributed by atoms with van der Waals surface area (Å²) in [6.45, 7) is 22.6. The van der Waals surface area contributed by atoms with Crippen LogP contribution < -0.4 is 5.32 Å². The van der Waals surface area contributed by atoms with Crippen LogP contribution in [-0.4, -0.2) is 79.8 Å². The third-order valence-corrected chi connectivity index (χ3v) is 12.5. The maximum absolute atomic E-state index is 14.7. The fourth-order valence-electron chi connectivity index (χ4n) is 9.17. The third-order valence-electron chi connectivity index (χ3n) is 12.5. The number of aliphatic hydroxyl groups is 2. The minimum Gasteiger partial charge on any atom is -0.391 e. The summed E-state index contributed by atoms with van der Waals surface area (Å²) in [5.74, 6) is -10.3. The Bertz CT molecular complexity index is 1450. The summed E-state index contributed by atoms with van der Waals surface area (Å²) in [6, 6.07) is 0. The Labute approximate surface area is 330 Å². The maximum atomic E-state index is 14.7. The molecule has 312 valence electrons. The number of carbonyl (C=O) groups is 7. The Kier molecular flexibility index (Phi) is 17.4. The highest BCUT2D eigenvalue weighted by atomic mass is 16.3. The van der Waals surface area contributed by atoms with Crippen LogP contribution in [0.1, 0.15) is 135 Å². The van der Waals surface area contributed by atoms with E-state index in [1.54, 1.807) is 40.7 Å². The number of hydrogen-bond acceptors (Lipinski definition) is 9. The van der Waals surface area contributed by atoms with Crippen molar-refractivity contribution in [1.82, 2.24) is 10.2 Å². The number of aliphatic hydroxyl groups excluding tert-OH is 1. The molecule has 0 aromatic carbocycles. The number of amides is 2. The number of allylic oxidation sites excluding steroid dienone is 2. The van der Waals surface area contributed by atoms with Crippen LogP contribution in [0.2, 0.25) is 0 Å². The lowest BCUT2D eigenvalue weighted by Crippen LogP contribution is -2.64. The first-order valence-corrected chi connectivity index (χ1v) is 20.7. The second-order valence-electron chi connectivity index (χ2n) is 18.3. The molecule has 0 spiro atoms. The Hall–Kier alpha value is -3.05. The van der Waals surface area contributed by atoms with Crippen LogP contribution in [0.4, 0.5) is 0 Å². The lowest BCUT2D eigenvalue weighted by Gasteiger charge is -2.42. The van der Waals surface area contributed by atoms with E-state index >= 15 is 0 Å². The minimum atomic E-state index is -2.59. The fraction of sp³-hybridized carbons (Fsp3) is 0.795. The second kappa shape index (κ2) is 19.9. The Morgan fingerprint density at radius 3 is 2.07 bits per heavy atom. The van der Waals surface area contributed by atoms with Crippen molar-refractivity contribution in [2.45, 2.75) is 152 Å². The van der Waals surface area contributed by atoms with Crippen LogP contribution in [0.25, 0.3) is 0 Å². The number of nitrogens with zero attached hydrogens (tertiary/aromatic N) is 1. The Morgan fingerprint density at radius 1 is 0.982 bits per heavy atom. The number of ketones is 5. The Morgan fingerprint density at radius 2 is 1.58 bits per heavy atom. The molecule has 11 heteroatoms. The zero-order valence-electron chi connectivity index (χ0n) is 35.9. The van der Waals surface area contributed by atoms with Crippen molar-refractivity contribution >= 4 is 40.7 Å². The number of carbonyl (C=O) groups excluding carboxylic acids is 7. The minimum absolute atomic E-state index is 0.00350. The molecule has 0 bridgehead atoms. The molecule has 1 saturated heterocycles. The van der Waals surface area contributed by atoms with Gasteiger partial charge in [0.2, 0.25) is 17.5 Å². The molecule has 0 radical (unpaired) electrons. The Balaban J connectivity index is 2.53. The molecule has 12 atom stereocenters. The van der Waals surface area contributed by atoms with Crippen LogP contribution in [0, 0.1) is 65.1 Å². The average Bonchev–Trinajstić information content (AvgIpc) is 3.59. The zero-order valence-corrected chi connectivity index (χ0v) is 35.9. The molecule has 2 amide bonds. The molecule has 3 unspecified atom stereocenters. The van der Waals surface area contributed by atoms with Crippen molar-refractivity contribution in [3.05, 3.63) is 12.2 Å². The summed E-state index contributed by atoms with van der Waals surface area (Å²) >= 11 is 0. The number of likely N-dealkylation sites (tertiary alicyclic amines) is 1. The molecule has 55 heavy (non-hydrogen) atoms. The lowest BCUT2D eigenvalue weighted by molar-refractivity contribution is -0.165. The number of unbranched alkanes of at least 4 members (excludes halogenated alkanes) is 1. The summed E-state index contributed by atoms with van der Waals surface area (Å²) in [6.07, 6.45) is 5.77. The fourth-order valence-corrected chi connectivity index (χ4v) is 9.17. The van der Waals surface area contributed by atoms with Gasteiger partial charge in [-0.1, -0.05) is 101 Å². The SMILES string of the molecule is CCCC[C@@H](C)C[C@@H](C)C(=O)[C@@H](C)[C@@H](CC(C)C)C(=O)NC(O)(C(=O)[C@@H](C)[C@H](C(=O)N1C[C@@H](O)C[C@@]1(C)C(=O)C1C(=O)C=C[C@@H]1C)C(C)C)C(C)CC(C)=O. The van der Waals surface area contributed by atoms with Crippen LogP contribution in [-0.2, 0) is 33.6 Å². The van der Waals surface area contributed by atoms with Gasteiger partial charge in [-0.3, -0.25) is 28.8 Å². The van der Waals surface area contributed by atoms with Crippen molar-refractivity contribution in [2.75, 3.05) is 6.54 Å². The van der Waals surface area contributed by atoms with Gasteiger partial charge in [-0.2, -0.15) is 0 Å². The van der Waals surface area contributed by atoms with E-state index in [1.807, 2.05) is 20.8 Å². The molecule has 2 rings (SSSR count). The molecule has 0 aromatic heterocycles. The molecule has 1 aliphatic carbocycles. The van der Waals surface area contributed by atoms with Crippen molar-refractivity contribution in [3.8, 4) is 0 Å². The molecule has 1 fully saturated rings. The van der Waals surface area contributed by atoms with Gasteiger partial charge < -0.3 is 25.2 Å². The average molecular weight is 773 g/mol. The van der Waals surface area contributed by atoms with Crippen LogP contribution in [0.15, 0.2) is 12.2 Å². The van der Waals surface area contributed by atoms with Crippen molar-refractivity contribution in [3.63, 3.8) is 0 Å². The predicted molar refractivity (Wildman–Crippen MR) is 212 cm³/mol. The lowest BCUT2D eigenvalue weighted by atomic mass is 9.73. The first-order valence-electron chi connectivity index (χ1n) is 20.7. The van der Waals surface area contributed by atoms with Crippen molar-refractivity contribution < 1.29 is 43.8 Å². The van der Waals surface area contributed by atoms with E-state index in [-0.39, 0.29) is 54.5 Å². The molecular weight excluding hydrogens is 700 g/mol. The van der Waals surface area contributed by atoms with Crippen LogP contribution in [0.5, 0.6) is 0 Å². The summed E-state index contributed by atoms with van der Waals surface area (Å²) in [4.78, 5) is 97.9. The highest BCUT2D eigenvalue weighted by Gasteiger charge is 2.56. The van der Waals surface area contributed by atoms with E-state index in [0.717, 1.165) is 19.3 Å². The van der Waals surface area contributed by atoms with Gasteiger partial charge in [-0.05, 0) is 56.4 Å². The summed E-state index contributed by atoms with van der Waals surface area (Å²) in [5.41, 5.74) is -4.12. The van der Waals surface area contributed by atoms with Gasteiger partial charge in [-0.15, -0.1) is 0 Å². The smallest absolute Gasteiger partial charge is 0.227 e. The molecule has 1 aliphatic heterocycles. The third kappa shape index (κ3) is 11.3. The molecule has 3 N–H and O–H groups in total. The van der Waals surface area contributed by atoms with Crippen LogP contribution >= 0.6 is 0 Å². The van der Waals surface area contributed by atoms with Gasteiger partial charge in [0.25, 0.3) is 0 Å². The van der Waals surface area contributed by atoms with Gasteiger partial charge in [0.15, 0.2) is 17.3 Å². The van der Waals surface area contributed by atoms with Gasteiger partial charge >= 0.3 is 0 Å². The highest BCUT2D eigenvalue weighted by molar-refractivity contribution is 6.13. The first-order chi connectivity index (χ1) is 25.3. The first kappa shape index (κ1) is 48.1. The summed E-state index contributed by atoms with van der Waals surface area (Å²) < 4.78 is 0. The van der Waals surface area contributed by atoms with E-state index in [2.05, 4.69) is 19.2 Å². The second-order valence-corrected chi connectivity index (χ2v) is 18.3. The van der Waals surface area contributed by atoms with Crippen molar-refractivity contribution in [2.24, 2.45) is 65.1 Å². The molecule has 0 aromatic rings. The number of rotatable bonds is 22. The number of nitrogens with one attached hydrogen (secondary N) is 1. The topological polar surface area (TPSA) is 175 Å². The maximum Gasteiger partial charge on any atom is 0.227 e. The van der Waals surface area contributed by atoms with Gasteiger partial charge in [-0.25, -0.2) is 0 Å².